The summed E-state index contributed by atoms with van der Waals surface area (Å²) in [4.78, 5) is 11.6. The Kier molecular flexibility index (Phi) is 6.63. The summed E-state index contributed by atoms with van der Waals surface area (Å²) in [6.45, 7) is 0. The summed E-state index contributed by atoms with van der Waals surface area (Å²) in [5, 5.41) is 0. The molecule has 1 saturated heterocycles. The standard InChI is InChI=1S/C18H26O4P2/c19-18-10-15-14(17(22-24)11-16(15)20-18)9-8-13(21-23)7-6-12-4-2-1-3-5-12/h1-5,13-17H,6-11,23-24H2/t13-,14+,15+,16-,17+/m0/s1. The molecule has 2 unspecified atom stereocenters. The van der Waals surface area contributed by atoms with Crippen LogP contribution in [-0.4, -0.2) is 24.3 Å². The Labute approximate surface area is 148 Å². The van der Waals surface area contributed by atoms with E-state index in [1.165, 1.54) is 5.56 Å². The second-order valence-corrected chi connectivity index (χ2v) is 7.37. The lowest BCUT2D eigenvalue weighted by Crippen LogP contribution is -2.23. The number of benzene rings is 1. The van der Waals surface area contributed by atoms with Crippen molar-refractivity contribution < 1.29 is 18.6 Å². The molecule has 0 radical (unpaired) electrons. The van der Waals surface area contributed by atoms with E-state index in [-0.39, 0.29) is 24.3 Å². The number of hydrogen-bond acceptors (Lipinski definition) is 4. The van der Waals surface area contributed by atoms with Crippen LogP contribution in [0.3, 0.4) is 0 Å². The quantitative estimate of drug-likeness (QED) is 0.518. The fourth-order valence-electron chi connectivity index (χ4n) is 4.15. The molecule has 1 heterocycles. The van der Waals surface area contributed by atoms with Crippen LogP contribution in [0.25, 0.3) is 0 Å². The van der Waals surface area contributed by atoms with Crippen LogP contribution >= 0.6 is 18.9 Å². The van der Waals surface area contributed by atoms with Gasteiger partial charge < -0.3 is 13.8 Å². The van der Waals surface area contributed by atoms with Crippen molar-refractivity contribution in [2.75, 3.05) is 0 Å². The molecule has 0 spiro atoms. The Bertz CT molecular complexity index is 539. The first-order chi connectivity index (χ1) is 11.7. The average Bonchev–Trinajstić information content (AvgIpc) is 3.12. The third-order valence-electron chi connectivity index (χ3n) is 5.44. The molecule has 0 amide bonds. The number of carbonyl (C=O) groups excluding carboxylic acids is 1. The van der Waals surface area contributed by atoms with E-state index in [1.54, 1.807) is 0 Å². The molecule has 132 valence electrons. The van der Waals surface area contributed by atoms with Gasteiger partial charge in [0.2, 0.25) is 0 Å². The summed E-state index contributed by atoms with van der Waals surface area (Å²) in [7, 11) is 4.79. The van der Waals surface area contributed by atoms with Gasteiger partial charge in [0.05, 0.1) is 18.6 Å². The molecule has 0 bridgehead atoms. The summed E-state index contributed by atoms with van der Waals surface area (Å²) >= 11 is 0. The lowest BCUT2D eigenvalue weighted by molar-refractivity contribution is -0.141. The number of hydrogen-bond donors (Lipinski definition) is 0. The van der Waals surface area contributed by atoms with Crippen molar-refractivity contribution >= 4 is 24.9 Å². The molecular formula is C18H26O4P2. The summed E-state index contributed by atoms with van der Waals surface area (Å²) < 4.78 is 16.6. The lowest BCUT2D eigenvalue weighted by Gasteiger charge is -2.24. The third kappa shape index (κ3) is 4.35. The van der Waals surface area contributed by atoms with Gasteiger partial charge in [-0.15, -0.1) is 0 Å². The molecule has 24 heavy (non-hydrogen) atoms. The van der Waals surface area contributed by atoms with Crippen LogP contribution in [0.5, 0.6) is 0 Å². The zero-order valence-corrected chi connectivity index (χ0v) is 16.1. The maximum Gasteiger partial charge on any atom is 0.306 e. The highest BCUT2D eigenvalue weighted by molar-refractivity contribution is 7.10. The van der Waals surface area contributed by atoms with Gasteiger partial charge in [0.25, 0.3) is 0 Å². The maximum absolute atomic E-state index is 11.6. The van der Waals surface area contributed by atoms with E-state index in [4.69, 9.17) is 13.8 Å². The van der Waals surface area contributed by atoms with Gasteiger partial charge in [-0.2, -0.15) is 0 Å². The Hall–Kier alpha value is -0.530. The van der Waals surface area contributed by atoms with E-state index in [9.17, 15) is 4.79 Å². The van der Waals surface area contributed by atoms with Gasteiger partial charge in [-0.1, -0.05) is 30.3 Å². The van der Waals surface area contributed by atoms with Crippen LogP contribution in [0.15, 0.2) is 30.3 Å². The Morgan fingerprint density at radius 1 is 1.21 bits per heavy atom. The molecule has 1 aromatic rings. The summed E-state index contributed by atoms with van der Waals surface area (Å²) in [5.41, 5.74) is 1.34. The highest BCUT2D eigenvalue weighted by Crippen LogP contribution is 2.45. The number of esters is 1. The third-order valence-corrected chi connectivity index (χ3v) is 6.18. The van der Waals surface area contributed by atoms with Gasteiger partial charge in [-0.3, -0.25) is 4.79 Å². The molecular weight excluding hydrogens is 342 g/mol. The van der Waals surface area contributed by atoms with Gasteiger partial charge in [-0.25, -0.2) is 0 Å². The zero-order chi connectivity index (χ0) is 16.9. The minimum Gasteiger partial charge on any atom is -0.462 e. The molecule has 1 aromatic carbocycles. The van der Waals surface area contributed by atoms with E-state index < -0.39 is 0 Å². The molecule has 2 aliphatic rings. The van der Waals surface area contributed by atoms with Crippen LogP contribution < -0.4 is 0 Å². The molecule has 0 N–H and O–H groups in total. The molecule has 2 fully saturated rings. The van der Waals surface area contributed by atoms with Crippen molar-refractivity contribution in [2.24, 2.45) is 11.8 Å². The fraction of sp³-hybridized carbons (Fsp3) is 0.611. The highest BCUT2D eigenvalue weighted by atomic mass is 31.0. The SMILES string of the molecule is O=C1C[C@@H]2[C@@H](CC[C@H](CCc3ccccc3)OP)[C@H](OP)C[C@@H]2O1. The number of fused-ring (bicyclic) bond motifs is 1. The van der Waals surface area contributed by atoms with Crippen LogP contribution in [0, 0.1) is 11.8 Å². The number of rotatable bonds is 8. The van der Waals surface area contributed by atoms with Crippen molar-refractivity contribution in [2.45, 2.75) is 56.8 Å². The number of carbonyl (C=O) groups is 1. The van der Waals surface area contributed by atoms with Gasteiger partial charge in [0.1, 0.15) is 6.10 Å². The van der Waals surface area contributed by atoms with E-state index in [0.717, 1.165) is 32.1 Å². The van der Waals surface area contributed by atoms with Crippen LogP contribution in [0.1, 0.15) is 37.7 Å². The first kappa shape index (κ1) is 18.3. The minimum atomic E-state index is -0.0554. The Balaban J connectivity index is 1.51. The number of aryl methyl sites for hydroxylation is 1. The topological polar surface area (TPSA) is 44.8 Å². The lowest BCUT2D eigenvalue weighted by atomic mass is 9.87. The fourth-order valence-corrected chi connectivity index (χ4v) is 4.73. The molecule has 7 atom stereocenters. The zero-order valence-electron chi connectivity index (χ0n) is 13.8. The molecule has 3 rings (SSSR count). The maximum atomic E-state index is 11.6. The van der Waals surface area contributed by atoms with Gasteiger partial charge in [0, 0.05) is 31.3 Å². The molecule has 4 nitrogen and oxygen atoms in total. The number of ether oxygens (including phenoxy) is 1. The van der Waals surface area contributed by atoms with Crippen molar-refractivity contribution in [1.82, 2.24) is 0 Å². The van der Waals surface area contributed by atoms with Crippen molar-refractivity contribution in [3.63, 3.8) is 0 Å². The highest BCUT2D eigenvalue weighted by Gasteiger charge is 2.50. The summed E-state index contributed by atoms with van der Waals surface area (Å²) in [6, 6.07) is 10.5. The van der Waals surface area contributed by atoms with E-state index in [0.29, 0.717) is 18.3 Å². The second kappa shape index (κ2) is 8.72. The van der Waals surface area contributed by atoms with Gasteiger partial charge >= 0.3 is 5.97 Å². The predicted molar refractivity (Wildman–Crippen MR) is 99.3 cm³/mol. The molecule has 6 heteroatoms. The predicted octanol–water partition coefficient (Wildman–Crippen LogP) is 3.70. The Morgan fingerprint density at radius 2 is 2.00 bits per heavy atom. The normalized spacial score (nSPS) is 30.2. The monoisotopic (exact) mass is 368 g/mol. The van der Waals surface area contributed by atoms with Gasteiger partial charge in [-0.05, 0) is 37.2 Å². The smallest absolute Gasteiger partial charge is 0.306 e. The Morgan fingerprint density at radius 3 is 2.71 bits per heavy atom. The van der Waals surface area contributed by atoms with E-state index in [2.05, 4.69) is 43.2 Å². The van der Waals surface area contributed by atoms with E-state index >= 15 is 0 Å². The summed E-state index contributed by atoms with van der Waals surface area (Å²) in [6.07, 6.45) is 5.77. The van der Waals surface area contributed by atoms with Crippen molar-refractivity contribution in [3.05, 3.63) is 35.9 Å². The largest absolute Gasteiger partial charge is 0.462 e. The van der Waals surface area contributed by atoms with Crippen LogP contribution in [-0.2, 0) is 25.0 Å². The van der Waals surface area contributed by atoms with Crippen LogP contribution in [0.4, 0.5) is 0 Å². The van der Waals surface area contributed by atoms with Gasteiger partial charge in [0.15, 0.2) is 0 Å². The first-order valence-corrected chi connectivity index (χ1v) is 9.60. The summed E-state index contributed by atoms with van der Waals surface area (Å²) in [5.74, 6) is 0.626. The molecule has 1 aliphatic heterocycles. The minimum absolute atomic E-state index is 0.0488. The average molecular weight is 368 g/mol. The second-order valence-electron chi connectivity index (χ2n) is 6.83. The van der Waals surface area contributed by atoms with E-state index in [1.807, 2.05) is 6.07 Å². The molecule has 1 saturated carbocycles. The molecule has 1 aliphatic carbocycles. The first-order valence-electron chi connectivity index (χ1n) is 8.65. The van der Waals surface area contributed by atoms with Crippen LogP contribution in [0.2, 0.25) is 0 Å². The van der Waals surface area contributed by atoms with Crippen molar-refractivity contribution in [1.29, 1.82) is 0 Å². The van der Waals surface area contributed by atoms with Crippen molar-refractivity contribution in [3.8, 4) is 0 Å². The molecule has 0 aromatic heterocycles.